The molecule has 0 aromatic carbocycles. The van der Waals surface area contributed by atoms with Crippen LogP contribution in [0.3, 0.4) is 0 Å². The quantitative estimate of drug-likeness (QED) is 0.876. The number of hydrogen-bond donors (Lipinski definition) is 1. The van der Waals surface area contributed by atoms with Gasteiger partial charge in [0.25, 0.3) is 0 Å². The summed E-state index contributed by atoms with van der Waals surface area (Å²) in [5.74, 6) is 0.150. The van der Waals surface area contributed by atoms with Crippen molar-refractivity contribution >= 4 is 11.6 Å². The molecule has 2 aliphatic rings. The smallest absolute Gasteiger partial charge is 0.244 e. The molecule has 6 heteroatoms. The van der Waals surface area contributed by atoms with Crippen molar-refractivity contribution in [3.8, 4) is 0 Å². The molecule has 20 heavy (non-hydrogen) atoms. The average molecular weight is 277 g/mol. The number of carbonyl (C=O) groups is 1. The van der Waals surface area contributed by atoms with Crippen LogP contribution in [0, 0.1) is 0 Å². The number of likely N-dealkylation sites (tertiary alicyclic amines) is 2. The van der Waals surface area contributed by atoms with E-state index < -0.39 is 0 Å². The Morgan fingerprint density at radius 2 is 2.10 bits per heavy atom. The van der Waals surface area contributed by atoms with Gasteiger partial charge in [-0.1, -0.05) is 0 Å². The van der Waals surface area contributed by atoms with Crippen LogP contribution in [0.5, 0.6) is 0 Å². The van der Waals surface area contributed by atoms with Crippen LogP contribution in [0.25, 0.3) is 0 Å². The summed E-state index contributed by atoms with van der Waals surface area (Å²) in [5, 5.41) is 4.08. The van der Waals surface area contributed by atoms with E-state index in [1.807, 2.05) is 4.90 Å². The minimum Gasteiger partial charge on any atom is -0.396 e. The van der Waals surface area contributed by atoms with Gasteiger partial charge in [0, 0.05) is 25.3 Å². The van der Waals surface area contributed by atoms with Gasteiger partial charge in [-0.3, -0.25) is 14.4 Å². The lowest BCUT2D eigenvalue weighted by molar-refractivity contribution is -0.134. The number of rotatable bonds is 3. The van der Waals surface area contributed by atoms with Crippen molar-refractivity contribution in [2.45, 2.75) is 38.3 Å². The summed E-state index contributed by atoms with van der Waals surface area (Å²) in [4.78, 5) is 16.9. The first-order chi connectivity index (χ1) is 9.72. The second kappa shape index (κ2) is 5.83. The molecular weight excluding hydrogens is 254 g/mol. The second-order valence-electron chi connectivity index (χ2n) is 5.85. The Balaban J connectivity index is 1.57. The maximum absolute atomic E-state index is 12.3. The number of hydrogen-bond acceptors (Lipinski definition) is 4. The fraction of sp³-hybridized carbons (Fsp3) is 0.714. The minimum atomic E-state index is 0.150. The molecule has 1 aromatic rings. The van der Waals surface area contributed by atoms with Gasteiger partial charge in [-0.05, 0) is 38.8 Å². The molecule has 3 heterocycles. The molecule has 2 N–H and O–H groups in total. The zero-order valence-electron chi connectivity index (χ0n) is 11.9. The number of aromatic nitrogens is 2. The van der Waals surface area contributed by atoms with Crippen LogP contribution in [-0.4, -0.2) is 57.7 Å². The van der Waals surface area contributed by atoms with Crippen LogP contribution < -0.4 is 5.73 Å². The molecule has 1 atom stereocenters. The van der Waals surface area contributed by atoms with E-state index in [-0.39, 0.29) is 5.91 Å². The van der Waals surface area contributed by atoms with Gasteiger partial charge in [0.05, 0.1) is 11.9 Å². The number of piperidine rings is 1. The maximum Gasteiger partial charge on any atom is 0.244 e. The zero-order chi connectivity index (χ0) is 13.9. The van der Waals surface area contributed by atoms with Crippen LogP contribution in [-0.2, 0) is 11.3 Å². The lowest BCUT2D eigenvalue weighted by Gasteiger charge is -2.37. The van der Waals surface area contributed by atoms with Crippen LogP contribution >= 0.6 is 0 Å². The highest BCUT2D eigenvalue weighted by molar-refractivity contribution is 5.76. The first-order valence-electron chi connectivity index (χ1n) is 7.52. The van der Waals surface area contributed by atoms with E-state index in [0.717, 1.165) is 19.5 Å². The number of amides is 1. The van der Waals surface area contributed by atoms with Gasteiger partial charge in [-0.2, -0.15) is 5.10 Å². The highest BCUT2D eigenvalue weighted by atomic mass is 16.2. The van der Waals surface area contributed by atoms with Gasteiger partial charge >= 0.3 is 0 Å². The first-order valence-corrected chi connectivity index (χ1v) is 7.52. The lowest BCUT2D eigenvalue weighted by Crippen LogP contribution is -2.49. The van der Waals surface area contributed by atoms with E-state index in [9.17, 15) is 4.79 Å². The molecule has 0 bridgehead atoms. The van der Waals surface area contributed by atoms with E-state index in [1.54, 1.807) is 17.1 Å². The third-order valence-electron chi connectivity index (χ3n) is 4.36. The van der Waals surface area contributed by atoms with Crippen molar-refractivity contribution in [2.24, 2.45) is 0 Å². The Hall–Kier alpha value is -1.56. The molecule has 2 fully saturated rings. The van der Waals surface area contributed by atoms with Crippen molar-refractivity contribution in [1.82, 2.24) is 19.6 Å². The van der Waals surface area contributed by atoms with E-state index in [2.05, 4.69) is 10.00 Å². The van der Waals surface area contributed by atoms with Crippen molar-refractivity contribution < 1.29 is 4.79 Å². The molecule has 1 amide bonds. The summed E-state index contributed by atoms with van der Waals surface area (Å²) in [5.41, 5.74) is 6.23. The second-order valence-corrected chi connectivity index (χ2v) is 5.85. The zero-order valence-corrected chi connectivity index (χ0v) is 11.9. The highest BCUT2D eigenvalue weighted by Crippen LogP contribution is 2.20. The minimum absolute atomic E-state index is 0.150. The normalized spacial score (nSPS) is 24.2. The fourth-order valence-electron chi connectivity index (χ4n) is 3.29. The Morgan fingerprint density at radius 1 is 1.30 bits per heavy atom. The van der Waals surface area contributed by atoms with Crippen molar-refractivity contribution in [3.63, 3.8) is 0 Å². The summed E-state index contributed by atoms with van der Waals surface area (Å²) in [6.07, 6.45) is 8.22. The first kappa shape index (κ1) is 13.4. The van der Waals surface area contributed by atoms with Crippen LogP contribution in [0.15, 0.2) is 12.4 Å². The molecule has 1 aromatic heterocycles. The number of nitrogen functional groups attached to an aromatic ring is 1. The van der Waals surface area contributed by atoms with Gasteiger partial charge in [0.15, 0.2) is 0 Å². The van der Waals surface area contributed by atoms with Gasteiger partial charge in [-0.15, -0.1) is 0 Å². The Kier molecular flexibility index (Phi) is 3.91. The predicted molar refractivity (Wildman–Crippen MR) is 77.0 cm³/mol. The lowest BCUT2D eigenvalue weighted by atomic mass is 10.0. The Labute approximate surface area is 119 Å². The molecular formula is C14H23N5O. The number of carbonyl (C=O) groups excluding carboxylic acids is 1. The van der Waals surface area contributed by atoms with Gasteiger partial charge < -0.3 is 10.6 Å². The van der Waals surface area contributed by atoms with Crippen LogP contribution in [0.1, 0.15) is 25.7 Å². The molecule has 0 saturated carbocycles. The molecule has 1 unspecified atom stereocenters. The number of anilines is 1. The summed E-state index contributed by atoms with van der Waals surface area (Å²) in [6, 6.07) is 0.554. The SMILES string of the molecule is Nc1cnn(CC(=O)N2CCCC(N3CCCC3)C2)c1. The molecule has 6 nitrogen and oxygen atoms in total. The van der Waals surface area contributed by atoms with Crippen molar-refractivity contribution in [3.05, 3.63) is 12.4 Å². The molecule has 0 aliphatic carbocycles. The van der Waals surface area contributed by atoms with Gasteiger partial charge in [0.2, 0.25) is 5.91 Å². The molecule has 110 valence electrons. The monoisotopic (exact) mass is 277 g/mol. The predicted octanol–water partition coefficient (Wildman–Crippen LogP) is 0.552. The average Bonchev–Trinajstić information content (AvgIpc) is 3.11. The third kappa shape index (κ3) is 2.95. The summed E-state index contributed by atoms with van der Waals surface area (Å²) in [7, 11) is 0. The standard InChI is InChI=1S/C14H23N5O/c15-12-8-16-19(9-12)11-14(20)18-7-3-4-13(10-18)17-5-1-2-6-17/h8-9,13H,1-7,10-11,15H2. The van der Waals surface area contributed by atoms with Crippen molar-refractivity contribution in [2.75, 3.05) is 31.9 Å². The van der Waals surface area contributed by atoms with Crippen LogP contribution in [0.4, 0.5) is 5.69 Å². The van der Waals surface area contributed by atoms with E-state index in [4.69, 9.17) is 5.73 Å². The molecule has 2 saturated heterocycles. The highest BCUT2D eigenvalue weighted by Gasteiger charge is 2.29. The topological polar surface area (TPSA) is 67.4 Å². The van der Waals surface area contributed by atoms with Crippen LogP contribution in [0.2, 0.25) is 0 Å². The Morgan fingerprint density at radius 3 is 2.80 bits per heavy atom. The largest absolute Gasteiger partial charge is 0.396 e. The van der Waals surface area contributed by atoms with Crippen molar-refractivity contribution in [1.29, 1.82) is 0 Å². The summed E-state index contributed by atoms with van der Waals surface area (Å²) < 4.78 is 1.62. The third-order valence-corrected chi connectivity index (χ3v) is 4.36. The molecule has 2 aliphatic heterocycles. The summed E-state index contributed by atoms with van der Waals surface area (Å²) in [6.45, 7) is 4.43. The Bertz CT molecular complexity index is 466. The number of nitrogens with zero attached hydrogens (tertiary/aromatic N) is 4. The molecule has 3 rings (SSSR count). The number of nitrogens with two attached hydrogens (primary N) is 1. The van der Waals surface area contributed by atoms with Gasteiger partial charge in [-0.25, -0.2) is 0 Å². The van der Waals surface area contributed by atoms with E-state index in [1.165, 1.54) is 32.4 Å². The summed E-state index contributed by atoms with van der Waals surface area (Å²) >= 11 is 0. The molecule has 0 spiro atoms. The molecule has 0 radical (unpaired) electrons. The van der Waals surface area contributed by atoms with Gasteiger partial charge in [0.1, 0.15) is 6.54 Å². The maximum atomic E-state index is 12.3. The van der Waals surface area contributed by atoms with E-state index >= 15 is 0 Å². The van der Waals surface area contributed by atoms with E-state index in [0.29, 0.717) is 18.3 Å². The fourth-order valence-corrected chi connectivity index (χ4v) is 3.29.